The number of thioether (sulfide) groups is 1. The van der Waals surface area contributed by atoms with E-state index in [-0.39, 0.29) is 37.2 Å². The number of amides is 5. The van der Waals surface area contributed by atoms with Gasteiger partial charge in [-0.2, -0.15) is 0 Å². The Bertz CT molecular complexity index is 840. The fraction of sp³-hybridized carbons (Fsp3) is 0.353. The number of nitrogens with one attached hydrogen (secondary N) is 1. The van der Waals surface area contributed by atoms with Gasteiger partial charge in [0.15, 0.2) is 0 Å². The first-order valence-corrected chi connectivity index (χ1v) is 9.22. The molecule has 9 nitrogen and oxygen atoms in total. The number of fused-ring (bicyclic) bond motifs is 1. The number of hydrogen-bond acceptors (Lipinski definition) is 7. The highest BCUT2D eigenvalue weighted by Crippen LogP contribution is 2.34. The van der Waals surface area contributed by atoms with E-state index in [1.807, 2.05) is 0 Å². The second-order valence-electron chi connectivity index (χ2n) is 5.99. The van der Waals surface area contributed by atoms with Crippen LogP contribution in [0.3, 0.4) is 0 Å². The van der Waals surface area contributed by atoms with Crippen LogP contribution in [0.1, 0.15) is 33.6 Å². The van der Waals surface area contributed by atoms with Crippen LogP contribution in [0.15, 0.2) is 23.1 Å². The van der Waals surface area contributed by atoms with Crippen LogP contribution in [0.4, 0.5) is 0 Å². The maximum atomic E-state index is 12.9. The molecular weight excluding hydrogens is 374 g/mol. The number of carbonyl (C=O) groups excluding carboxylic acids is 5. The first-order valence-electron chi connectivity index (χ1n) is 8.23. The average molecular weight is 391 g/mol. The van der Waals surface area contributed by atoms with Crippen LogP contribution in [0.25, 0.3) is 0 Å². The molecule has 0 aromatic heterocycles. The highest BCUT2D eigenvalue weighted by atomic mass is 32.2. The van der Waals surface area contributed by atoms with E-state index >= 15 is 0 Å². The van der Waals surface area contributed by atoms with Crippen molar-refractivity contribution in [2.24, 2.45) is 5.73 Å². The minimum absolute atomic E-state index is 0.0720. The molecule has 2 aliphatic heterocycles. The molecule has 2 aliphatic rings. The molecular formula is C17H17N3O6S. The summed E-state index contributed by atoms with van der Waals surface area (Å²) in [5.74, 6) is -2.28. The van der Waals surface area contributed by atoms with Gasteiger partial charge < -0.3 is 10.5 Å². The van der Waals surface area contributed by atoms with Crippen LogP contribution in [0.2, 0.25) is 0 Å². The van der Waals surface area contributed by atoms with Crippen LogP contribution >= 0.6 is 11.8 Å². The van der Waals surface area contributed by atoms with Crippen molar-refractivity contribution < 1.29 is 28.7 Å². The van der Waals surface area contributed by atoms with Crippen molar-refractivity contribution in [1.29, 1.82) is 0 Å². The maximum absolute atomic E-state index is 12.9. The van der Waals surface area contributed by atoms with Crippen LogP contribution < -0.4 is 11.1 Å². The molecule has 3 N–H and O–H groups in total. The summed E-state index contributed by atoms with van der Waals surface area (Å²) in [6.45, 7) is 0.0600. The predicted molar refractivity (Wildman–Crippen MR) is 93.9 cm³/mol. The topological polar surface area (TPSA) is 136 Å². The molecule has 0 aliphatic carbocycles. The molecule has 1 fully saturated rings. The van der Waals surface area contributed by atoms with Gasteiger partial charge in [0, 0.05) is 17.1 Å². The number of carbonyl (C=O) groups is 5. The van der Waals surface area contributed by atoms with Crippen LogP contribution in [-0.4, -0.2) is 59.4 Å². The number of nitrogens with zero attached hydrogens (tertiary/aromatic N) is 1. The van der Waals surface area contributed by atoms with Crippen molar-refractivity contribution in [3.63, 3.8) is 0 Å². The molecule has 3 rings (SSSR count). The molecule has 1 aromatic rings. The first kappa shape index (κ1) is 19.1. The monoisotopic (exact) mass is 391 g/mol. The summed E-state index contributed by atoms with van der Waals surface area (Å²) in [6.07, 6.45) is 0.183. The van der Waals surface area contributed by atoms with Gasteiger partial charge in [-0.1, -0.05) is 6.07 Å². The molecule has 1 aromatic carbocycles. The molecule has 2 heterocycles. The van der Waals surface area contributed by atoms with Crippen molar-refractivity contribution in [2.75, 3.05) is 19.0 Å². The largest absolute Gasteiger partial charge is 0.371 e. The van der Waals surface area contributed by atoms with E-state index < -0.39 is 35.6 Å². The molecule has 1 saturated heterocycles. The summed E-state index contributed by atoms with van der Waals surface area (Å²) in [4.78, 5) is 61.1. The Morgan fingerprint density at radius 2 is 2.04 bits per heavy atom. The lowest BCUT2D eigenvalue weighted by Gasteiger charge is -2.27. The van der Waals surface area contributed by atoms with E-state index in [1.54, 1.807) is 12.1 Å². The van der Waals surface area contributed by atoms with E-state index in [0.29, 0.717) is 10.6 Å². The Balaban J connectivity index is 1.75. The van der Waals surface area contributed by atoms with Crippen molar-refractivity contribution in [3.8, 4) is 0 Å². The number of rotatable bonds is 7. The molecule has 0 spiro atoms. The minimum Gasteiger partial charge on any atom is -0.371 e. The third kappa shape index (κ3) is 3.86. The Labute approximate surface area is 158 Å². The number of hydrogen-bond donors (Lipinski definition) is 2. The summed E-state index contributed by atoms with van der Waals surface area (Å²) < 4.78 is 5.08. The first-order chi connectivity index (χ1) is 12.9. The van der Waals surface area contributed by atoms with Gasteiger partial charge >= 0.3 is 0 Å². The van der Waals surface area contributed by atoms with Gasteiger partial charge in [0.05, 0.1) is 17.7 Å². The second kappa shape index (κ2) is 7.89. The predicted octanol–water partition coefficient (Wildman–Crippen LogP) is -0.318. The van der Waals surface area contributed by atoms with Crippen molar-refractivity contribution >= 4 is 41.3 Å². The third-order valence-electron chi connectivity index (χ3n) is 4.16. The Hall–Kier alpha value is -2.72. The highest BCUT2D eigenvalue weighted by Gasteiger charge is 2.45. The zero-order valence-electron chi connectivity index (χ0n) is 14.2. The molecule has 0 bridgehead atoms. The average Bonchev–Trinajstić information content (AvgIpc) is 2.87. The van der Waals surface area contributed by atoms with E-state index in [0.717, 1.165) is 4.90 Å². The smallest absolute Gasteiger partial charge is 0.263 e. The van der Waals surface area contributed by atoms with Gasteiger partial charge in [0.1, 0.15) is 12.6 Å². The summed E-state index contributed by atoms with van der Waals surface area (Å²) in [6, 6.07) is 3.91. The van der Waals surface area contributed by atoms with Crippen molar-refractivity contribution in [2.45, 2.75) is 23.8 Å². The number of piperidine rings is 1. The van der Waals surface area contributed by atoms with Gasteiger partial charge in [0.25, 0.3) is 11.8 Å². The van der Waals surface area contributed by atoms with Crippen molar-refractivity contribution in [1.82, 2.24) is 10.2 Å². The Morgan fingerprint density at radius 1 is 1.26 bits per heavy atom. The van der Waals surface area contributed by atoms with Gasteiger partial charge in [-0.15, -0.1) is 11.8 Å². The lowest BCUT2D eigenvalue weighted by molar-refractivity contribution is -0.136. The summed E-state index contributed by atoms with van der Waals surface area (Å²) in [7, 11) is 0. The van der Waals surface area contributed by atoms with Gasteiger partial charge in [-0.25, -0.2) is 0 Å². The maximum Gasteiger partial charge on any atom is 0.263 e. The van der Waals surface area contributed by atoms with Crippen LogP contribution in [0.5, 0.6) is 0 Å². The van der Waals surface area contributed by atoms with Gasteiger partial charge in [-0.3, -0.25) is 34.2 Å². The standard InChI is InChI=1S/C17H17N3O6S/c18-12(21)8-26-6-7-27-11-3-1-2-9-14(11)17(25)20(16(9)24)10-4-5-13(22)19-15(10)23/h1-3,10H,4-8H2,(H2,18,21)(H,19,22,23). The Morgan fingerprint density at radius 3 is 2.74 bits per heavy atom. The second-order valence-corrected chi connectivity index (χ2v) is 7.13. The van der Waals surface area contributed by atoms with E-state index in [9.17, 15) is 24.0 Å². The van der Waals surface area contributed by atoms with Gasteiger partial charge in [0.2, 0.25) is 17.7 Å². The molecule has 5 amide bonds. The van der Waals surface area contributed by atoms with Gasteiger partial charge in [-0.05, 0) is 18.6 Å². The number of nitrogens with two attached hydrogens (primary N) is 1. The number of benzene rings is 1. The normalized spacial score (nSPS) is 19.3. The lowest BCUT2D eigenvalue weighted by Crippen LogP contribution is -2.54. The van der Waals surface area contributed by atoms with E-state index in [2.05, 4.69) is 5.32 Å². The van der Waals surface area contributed by atoms with Crippen LogP contribution in [0, 0.1) is 0 Å². The zero-order chi connectivity index (χ0) is 19.6. The summed E-state index contributed by atoms with van der Waals surface area (Å²) in [5, 5.41) is 2.16. The lowest BCUT2D eigenvalue weighted by atomic mass is 10.0. The number of primary amides is 1. The van der Waals surface area contributed by atoms with E-state index in [4.69, 9.17) is 10.5 Å². The molecule has 0 saturated carbocycles. The molecule has 27 heavy (non-hydrogen) atoms. The summed E-state index contributed by atoms with van der Waals surface area (Å²) >= 11 is 1.30. The third-order valence-corrected chi connectivity index (χ3v) is 5.18. The Kier molecular flexibility index (Phi) is 5.57. The fourth-order valence-electron chi connectivity index (χ4n) is 2.99. The molecule has 0 radical (unpaired) electrons. The molecule has 1 atom stereocenters. The number of ether oxygens (including phenoxy) is 1. The highest BCUT2D eigenvalue weighted by molar-refractivity contribution is 7.99. The minimum atomic E-state index is -0.994. The molecule has 10 heteroatoms. The van der Waals surface area contributed by atoms with Crippen LogP contribution in [-0.2, 0) is 19.1 Å². The molecule has 1 unspecified atom stereocenters. The summed E-state index contributed by atoms with van der Waals surface area (Å²) in [5.41, 5.74) is 5.46. The van der Waals surface area contributed by atoms with E-state index in [1.165, 1.54) is 17.8 Å². The quantitative estimate of drug-likeness (QED) is 0.369. The zero-order valence-corrected chi connectivity index (χ0v) is 15.0. The fourth-order valence-corrected chi connectivity index (χ4v) is 3.93. The number of imide groups is 2. The molecule has 142 valence electrons. The SMILES string of the molecule is NC(=O)COCCSc1cccc2c1C(=O)N(C1CCC(=O)NC1=O)C2=O. The van der Waals surface area contributed by atoms with Crippen molar-refractivity contribution in [3.05, 3.63) is 29.3 Å².